The molecule has 0 radical (unpaired) electrons. The second-order valence-electron chi connectivity index (χ2n) is 7.12. The van der Waals surface area contributed by atoms with Crippen molar-refractivity contribution in [2.24, 2.45) is 0 Å². The van der Waals surface area contributed by atoms with E-state index < -0.39 is 0 Å². The van der Waals surface area contributed by atoms with Crippen molar-refractivity contribution in [2.75, 3.05) is 65.7 Å². The maximum Gasteiger partial charge on any atom is 0.339 e. The molecule has 2 heterocycles. The summed E-state index contributed by atoms with van der Waals surface area (Å²) >= 11 is 0. The number of morpholine rings is 2. The lowest BCUT2D eigenvalue weighted by Crippen LogP contribution is -2.48. The Morgan fingerprint density at radius 2 is 1.36 bits per heavy atom. The Hall–Kier alpha value is -0.890. The second-order valence-corrected chi connectivity index (χ2v) is 7.12. The molecule has 160 valence electrons. The van der Waals surface area contributed by atoms with Crippen molar-refractivity contribution in [3.05, 3.63) is 34.9 Å². The molecule has 0 aliphatic carbocycles. The number of benzene rings is 1. The lowest BCUT2D eigenvalue weighted by Gasteiger charge is -2.34. The van der Waals surface area contributed by atoms with Crippen molar-refractivity contribution in [1.82, 2.24) is 9.80 Å². The third kappa shape index (κ3) is 7.17. The van der Waals surface area contributed by atoms with Crippen LogP contribution in [0.25, 0.3) is 0 Å². The Kier molecular flexibility index (Phi) is 11.3. The van der Waals surface area contributed by atoms with Gasteiger partial charge in [-0.15, -0.1) is 24.8 Å². The quantitative estimate of drug-likeness (QED) is 0.640. The van der Waals surface area contributed by atoms with Crippen LogP contribution in [-0.2, 0) is 14.2 Å². The van der Waals surface area contributed by atoms with Gasteiger partial charge < -0.3 is 14.2 Å². The first-order valence-electron chi connectivity index (χ1n) is 9.51. The van der Waals surface area contributed by atoms with Gasteiger partial charge in [0.2, 0.25) is 0 Å². The molecule has 0 saturated carbocycles. The summed E-state index contributed by atoms with van der Waals surface area (Å²) in [4.78, 5) is 17.5. The van der Waals surface area contributed by atoms with Crippen LogP contribution in [0.15, 0.2) is 18.2 Å². The van der Waals surface area contributed by atoms with Crippen LogP contribution in [0.5, 0.6) is 0 Å². The zero-order chi connectivity index (χ0) is 18.4. The molecule has 0 spiro atoms. The van der Waals surface area contributed by atoms with E-state index in [0.29, 0.717) is 5.56 Å². The van der Waals surface area contributed by atoms with Crippen molar-refractivity contribution in [3.63, 3.8) is 0 Å². The topological polar surface area (TPSA) is 51.2 Å². The van der Waals surface area contributed by atoms with Crippen molar-refractivity contribution in [3.8, 4) is 0 Å². The lowest BCUT2D eigenvalue weighted by atomic mass is 10.0. The molecule has 0 aromatic heterocycles. The number of carbonyl (C=O) groups is 1. The molecule has 0 unspecified atom stereocenters. The summed E-state index contributed by atoms with van der Waals surface area (Å²) in [6.07, 6.45) is -0.155. The van der Waals surface area contributed by atoms with Crippen LogP contribution in [0.3, 0.4) is 0 Å². The number of hydrogen-bond donors (Lipinski definition) is 0. The van der Waals surface area contributed by atoms with E-state index in [1.807, 2.05) is 32.0 Å². The van der Waals surface area contributed by atoms with Gasteiger partial charge in [-0.3, -0.25) is 9.80 Å². The molecule has 8 heteroatoms. The fourth-order valence-electron chi connectivity index (χ4n) is 3.62. The van der Waals surface area contributed by atoms with Crippen LogP contribution in [-0.4, -0.2) is 87.6 Å². The SMILES string of the molecule is Cc1cccc(C)c1C(=O)OC(CN1CCOCC1)CN1CCOCC1.Cl.Cl. The average molecular weight is 435 g/mol. The number of esters is 1. The summed E-state index contributed by atoms with van der Waals surface area (Å²) in [7, 11) is 0. The first-order valence-corrected chi connectivity index (χ1v) is 9.51. The van der Waals surface area contributed by atoms with E-state index in [4.69, 9.17) is 14.2 Å². The van der Waals surface area contributed by atoms with E-state index >= 15 is 0 Å². The van der Waals surface area contributed by atoms with Crippen molar-refractivity contribution >= 4 is 30.8 Å². The Labute approximate surface area is 180 Å². The Bertz CT molecular complexity index is 566. The maximum absolute atomic E-state index is 12.9. The largest absolute Gasteiger partial charge is 0.456 e. The van der Waals surface area contributed by atoms with Crippen LogP contribution in [0, 0.1) is 13.8 Å². The second kappa shape index (κ2) is 12.6. The zero-order valence-corrected chi connectivity index (χ0v) is 18.4. The van der Waals surface area contributed by atoms with Gasteiger partial charge in [0, 0.05) is 39.3 Å². The molecule has 3 rings (SSSR count). The van der Waals surface area contributed by atoms with Crippen molar-refractivity contribution in [1.29, 1.82) is 0 Å². The first-order chi connectivity index (χ1) is 12.6. The van der Waals surface area contributed by atoms with Crippen LogP contribution in [0.1, 0.15) is 21.5 Å². The molecule has 1 aromatic rings. The summed E-state index contributed by atoms with van der Waals surface area (Å²) in [5, 5.41) is 0. The van der Waals surface area contributed by atoms with Gasteiger partial charge in [-0.1, -0.05) is 18.2 Å². The van der Waals surface area contributed by atoms with E-state index in [2.05, 4.69) is 9.80 Å². The van der Waals surface area contributed by atoms with Gasteiger partial charge in [-0.25, -0.2) is 4.79 Å². The number of aryl methyl sites for hydroxylation is 2. The molecule has 0 atom stereocenters. The Morgan fingerprint density at radius 3 is 1.79 bits per heavy atom. The van der Waals surface area contributed by atoms with Crippen LogP contribution < -0.4 is 0 Å². The van der Waals surface area contributed by atoms with Crippen LogP contribution >= 0.6 is 24.8 Å². The Balaban J connectivity index is 0.00000196. The van der Waals surface area contributed by atoms with E-state index in [1.54, 1.807) is 0 Å². The minimum absolute atomic E-state index is 0. The number of carbonyl (C=O) groups excluding carboxylic acids is 1. The van der Waals surface area contributed by atoms with Crippen molar-refractivity contribution in [2.45, 2.75) is 20.0 Å². The minimum atomic E-state index is -0.216. The van der Waals surface area contributed by atoms with Gasteiger partial charge in [0.25, 0.3) is 0 Å². The number of hydrogen-bond acceptors (Lipinski definition) is 6. The highest BCUT2D eigenvalue weighted by molar-refractivity contribution is 5.92. The van der Waals surface area contributed by atoms with E-state index in [9.17, 15) is 4.79 Å². The third-order valence-electron chi connectivity index (χ3n) is 5.09. The molecule has 28 heavy (non-hydrogen) atoms. The monoisotopic (exact) mass is 434 g/mol. The number of rotatable bonds is 6. The number of halogens is 2. The van der Waals surface area contributed by atoms with E-state index in [0.717, 1.165) is 76.8 Å². The van der Waals surface area contributed by atoms with E-state index in [1.165, 1.54) is 0 Å². The highest BCUT2D eigenvalue weighted by atomic mass is 35.5. The lowest BCUT2D eigenvalue weighted by molar-refractivity contribution is -0.0263. The predicted octanol–water partition coefficient (Wildman–Crippen LogP) is 2.34. The molecular formula is C20H32Cl2N2O4. The molecular weight excluding hydrogens is 403 g/mol. The van der Waals surface area contributed by atoms with Crippen LogP contribution in [0.4, 0.5) is 0 Å². The number of nitrogens with zero attached hydrogens (tertiary/aromatic N) is 2. The molecule has 2 fully saturated rings. The fraction of sp³-hybridized carbons (Fsp3) is 0.650. The molecule has 2 saturated heterocycles. The average Bonchev–Trinajstić information content (AvgIpc) is 2.63. The molecule has 0 bridgehead atoms. The highest BCUT2D eigenvalue weighted by Crippen LogP contribution is 2.16. The minimum Gasteiger partial charge on any atom is -0.456 e. The summed E-state index contributed by atoms with van der Waals surface area (Å²) in [6.45, 7) is 12.0. The van der Waals surface area contributed by atoms with Gasteiger partial charge in [0.05, 0.1) is 32.0 Å². The normalized spacial score (nSPS) is 18.2. The summed E-state index contributed by atoms with van der Waals surface area (Å²) in [5.41, 5.74) is 2.62. The van der Waals surface area contributed by atoms with Crippen LogP contribution in [0.2, 0.25) is 0 Å². The fourth-order valence-corrected chi connectivity index (χ4v) is 3.62. The smallest absolute Gasteiger partial charge is 0.339 e. The summed E-state index contributed by atoms with van der Waals surface area (Å²) in [5.74, 6) is -0.216. The summed E-state index contributed by atoms with van der Waals surface area (Å²) < 4.78 is 16.9. The third-order valence-corrected chi connectivity index (χ3v) is 5.09. The zero-order valence-electron chi connectivity index (χ0n) is 16.7. The molecule has 6 nitrogen and oxygen atoms in total. The van der Waals surface area contributed by atoms with Gasteiger partial charge >= 0.3 is 5.97 Å². The van der Waals surface area contributed by atoms with Gasteiger partial charge in [-0.05, 0) is 25.0 Å². The van der Waals surface area contributed by atoms with Gasteiger partial charge in [0.15, 0.2) is 0 Å². The number of ether oxygens (including phenoxy) is 3. The summed E-state index contributed by atoms with van der Waals surface area (Å²) in [6, 6.07) is 5.89. The predicted molar refractivity (Wildman–Crippen MR) is 114 cm³/mol. The van der Waals surface area contributed by atoms with Gasteiger partial charge in [-0.2, -0.15) is 0 Å². The Morgan fingerprint density at radius 1 is 0.929 bits per heavy atom. The molecule has 2 aliphatic heterocycles. The maximum atomic E-state index is 12.9. The van der Waals surface area contributed by atoms with Gasteiger partial charge in [0.1, 0.15) is 6.10 Å². The first kappa shape index (κ1) is 25.1. The molecule has 1 aromatic carbocycles. The standard InChI is InChI=1S/C20H30N2O4.2ClH/c1-16-4-3-5-17(2)19(16)20(23)26-18(14-21-6-10-24-11-7-21)15-22-8-12-25-13-9-22;;/h3-5,18H,6-15H2,1-2H3;2*1H. The van der Waals surface area contributed by atoms with E-state index in [-0.39, 0.29) is 36.9 Å². The molecule has 0 N–H and O–H groups in total. The molecule has 0 amide bonds. The molecule has 2 aliphatic rings. The van der Waals surface area contributed by atoms with Crippen molar-refractivity contribution < 1.29 is 19.0 Å². The highest BCUT2D eigenvalue weighted by Gasteiger charge is 2.25.